The fourth-order valence-corrected chi connectivity index (χ4v) is 5.99. The van der Waals surface area contributed by atoms with Crippen LogP contribution in [-0.2, 0) is 34.7 Å². The second kappa shape index (κ2) is 7.88. The lowest BCUT2D eigenvalue weighted by molar-refractivity contribution is -0.172. The highest BCUT2D eigenvalue weighted by atomic mass is 19.3. The van der Waals surface area contributed by atoms with E-state index in [4.69, 9.17) is 9.72 Å². The Morgan fingerprint density at radius 1 is 1.28 bits per heavy atom. The molecule has 0 radical (unpaired) electrons. The van der Waals surface area contributed by atoms with Gasteiger partial charge >= 0.3 is 5.97 Å². The van der Waals surface area contributed by atoms with Crippen molar-refractivity contribution in [2.75, 3.05) is 6.54 Å². The number of hydrogen-bond acceptors (Lipinski definition) is 6. The van der Waals surface area contributed by atoms with E-state index in [1.807, 2.05) is 0 Å². The fraction of sp³-hybridized carbons (Fsp3) is 0.423. The maximum atomic E-state index is 14.8. The molecule has 2 aliphatic heterocycles. The van der Waals surface area contributed by atoms with Crippen LogP contribution >= 0.6 is 0 Å². The largest absolute Gasteiger partial charge is 0.458 e. The standard InChI is InChI=1S/C26H24F3N3O4/c1-3-26(35)15-6-19-23-13(9-32(19)24(33)14(15)10-36-25(26)34)22-17(30-8-20(28)29)5-4-12-11(2)16(27)7-18(31-23)21(12)22/h6-7,17,20,30,35H,3-5,8-10H2,1-2H3/t17-,26-/m0/s1. The summed E-state index contributed by atoms with van der Waals surface area (Å²) in [5.74, 6) is -1.22. The Morgan fingerprint density at radius 2 is 2.06 bits per heavy atom. The van der Waals surface area contributed by atoms with Gasteiger partial charge in [0.05, 0.1) is 35.6 Å². The van der Waals surface area contributed by atoms with Gasteiger partial charge < -0.3 is 19.7 Å². The molecule has 0 fully saturated rings. The summed E-state index contributed by atoms with van der Waals surface area (Å²) in [7, 11) is 0. The number of halogens is 3. The van der Waals surface area contributed by atoms with Crippen LogP contribution in [0, 0.1) is 12.7 Å². The molecule has 3 aromatic rings. The maximum Gasteiger partial charge on any atom is 0.343 e. The van der Waals surface area contributed by atoms with Crippen molar-refractivity contribution in [1.29, 1.82) is 0 Å². The van der Waals surface area contributed by atoms with E-state index in [0.29, 0.717) is 40.9 Å². The lowest BCUT2D eigenvalue weighted by atomic mass is 9.81. The van der Waals surface area contributed by atoms with Crippen molar-refractivity contribution in [3.05, 3.63) is 61.7 Å². The molecule has 7 nitrogen and oxygen atoms in total. The Balaban J connectivity index is 1.64. The molecule has 0 spiro atoms. The smallest absolute Gasteiger partial charge is 0.343 e. The van der Waals surface area contributed by atoms with Gasteiger partial charge in [-0.15, -0.1) is 0 Å². The van der Waals surface area contributed by atoms with Crippen LogP contribution in [0.25, 0.3) is 22.3 Å². The molecule has 36 heavy (non-hydrogen) atoms. The third-order valence-corrected chi connectivity index (χ3v) is 7.90. The third kappa shape index (κ3) is 3.03. The van der Waals surface area contributed by atoms with Gasteiger partial charge in [-0.3, -0.25) is 4.79 Å². The van der Waals surface area contributed by atoms with E-state index >= 15 is 0 Å². The molecule has 2 N–H and O–H groups in total. The number of rotatable bonds is 4. The highest BCUT2D eigenvalue weighted by Crippen LogP contribution is 2.45. The number of carbonyl (C=O) groups is 1. The highest BCUT2D eigenvalue weighted by molar-refractivity contribution is 5.93. The van der Waals surface area contributed by atoms with Gasteiger partial charge in [0.2, 0.25) is 0 Å². The van der Waals surface area contributed by atoms with E-state index < -0.39 is 42.0 Å². The maximum absolute atomic E-state index is 14.8. The summed E-state index contributed by atoms with van der Waals surface area (Å²) in [5.41, 5.74) is 1.97. The van der Waals surface area contributed by atoms with E-state index in [2.05, 4.69) is 5.32 Å². The molecule has 0 amide bonds. The number of aromatic nitrogens is 2. The number of aryl methyl sites for hydroxylation is 1. The van der Waals surface area contributed by atoms with E-state index in [9.17, 15) is 27.9 Å². The summed E-state index contributed by atoms with van der Waals surface area (Å²) >= 11 is 0. The summed E-state index contributed by atoms with van der Waals surface area (Å²) in [6.45, 7) is 2.72. The highest BCUT2D eigenvalue weighted by Gasteiger charge is 2.46. The number of cyclic esters (lactones) is 1. The van der Waals surface area contributed by atoms with Crippen molar-refractivity contribution in [3.8, 4) is 11.4 Å². The number of ether oxygens (including phenoxy) is 1. The monoisotopic (exact) mass is 499 g/mol. The number of fused-ring (bicyclic) bond motifs is 5. The first kappa shape index (κ1) is 23.2. The molecule has 1 aliphatic carbocycles. The van der Waals surface area contributed by atoms with Crippen LogP contribution in [0.1, 0.15) is 59.2 Å². The van der Waals surface area contributed by atoms with Gasteiger partial charge in [0.25, 0.3) is 12.0 Å². The van der Waals surface area contributed by atoms with Crippen molar-refractivity contribution in [1.82, 2.24) is 14.9 Å². The Bertz CT molecular complexity index is 1530. The first-order chi connectivity index (χ1) is 17.2. The number of alkyl halides is 2. The van der Waals surface area contributed by atoms with Gasteiger partial charge in [-0.25, -0.2) is 22.9 Å². The van der Waals surface area contributed by atoms with Crippen LogP contribution in [0.5, 0.6) is 0 Å². The van der Waals surface area contributed by atoms with E-state index in [-0.39, 0.29) is 30.7 Å². The van der Waals surface area contributed by atoms with Crippen molar-refractivity contribution >= 4 is 16.9 Å². The summed E-state index contributed by atoms with van der Waals surface area (Å²) in [5, 5.41) is 14.8. The molecule has 2 atom stereocenters. The number of pyridine rings is 2. The molecule has 0 saturated heterocycles. The minimum absolute atomic E-state index is 0.0124. The first-order valence-electron chi connectivity index (χ1n) is 12.0. The van der Waals surface area contributed by atoms with Crippen LogP contribution in [-0.4, -0.2) is 33.6 Å². The number of hydrogen-bond donors (Lipinski definition) is 2. The molecule has 2 aromatic heterocycles. The summed E-state index contributed by atoms with van der Waals surface area (Å²) < 4.78 is 47.7. The Labute approximate surface area is 203 Å². The zero-order chi connectivity index (χ0) is 25.5. The predicted molar refractivity (Wildman–Crippen MR) is 124 cm³/mol. The Morgan fingerprint density at radius 3 is 2.78 bits per heavy atom. The number of carbonyl (C=O) groups excluding carboxylic acids is 1. The van der Waals surface area contributed by atoms with Crippen molar-refractivity contribution in [2.24, 2.45) is 0 Å². The molecule has 0 bridgehead atoms. The van der Waals surface area contributed by atoms with Crippen molar-refractivity contribution in [3.63, 3.8) is 0 Å². The molecule has 1 aromatic carbocycles. The molecule has 0 saturated carbocycles. The van der Waals surface area contributed by atoms with Crippen LogP contribution < -0.4 is 10.9 Å². The zero-order valence-corrected chi connectivity index (χ0v) is 19.8. The summed E-state index contributed by atoms with van der Waals surface area (Å²) in [6, 6.07) is 2.51. The summed E-state index contributed by atoms with van der Waals surface area (Å²) in [4.78, 5) is 30.7. The molecule has 0 unspecified atom stereocenters. The molecule has 10 heteroatoms. The SMILES string of the molecule is CC[C@@]1(O)C(=O)OCc2c1cc1n(c2=O)Cc2c-1nc1cc(F)c(C)c3c1c2[C@@H](NCC(F)F)CC3. The second-order valence-electron chi connectivity index (χ2n) is 9.70. The van der Waals surface area contributed by atoms with Crippen LogP contribution in [0.15, 0.2) is 16.9 Å². The van der Waals surface area contributed by atoms with Crippen molar-refractivity contribution < 1.29 is 27.8 Å². The zero-order valence-electron chi connectivity index (χ0n) is 19.8. The molecule has 3 aliphatic rings. The number of nitrogens with zero attached hydrogens (tertiary/aromatic N) is 2. The van der Waals surface area contributed by atoms with Crippen molar-refractivity contribution in [2.45, 2.75) is 64.3 Å². The Kier molecular flexibility index (Phi) is 5.07. The molecular formula is C26H24F3N3O4. The van der Waals surface area contributed by atoms with Gasteiger partial charge in [0.1, 0.15) is 12.4 Å². The number of nitrogens with one attached hydrogen (secondary N) is 1. The van der Waals surface area contributed by atoms with E-state index in [1.54, 1.807) is 19.9 Å². The molecule has 6 rings (SSSR count). The van der Waals surface area contributed by atoms with Crippen LogP contribution in [0.3, 0.4) is 0 Å². The van der Waals surface area contributed by atoms with Gasteiger partial charge in [-0.1, -0.05) is 6.92 Å². The number of benzene rings is 1. The lowest BCUT2D eigenvalue weighted by Crippen LogP contribution is -2.44. The quantitative estimate of drug-likeness (QED) is 0.419. The average Bonchev–Trinajstić information content (AvgIpc) is 3.22. The Hall–Kier alpha value is -3.24. The third-order valence-electron chi connectivity index (χ3n) is 7.90. The minimum Gasteiger partial charge on any atom is -0.458 e. The van der Waals surface area contributed by atoms with E-state index in [0.717, 1.165) is 16.5 Å². The van der Waals surface area contributed by atoms with Crippen LogP contribution in [0.2, 0.25) is 0 Å². The number of esters is 1. The number of aliphatic hydroxyl groups is 1. The average molecular weight is 499 g/mol. The van der Waals surface area contributed by atoms with Gasteiger partial charge in [-0.05, 0) is 48.9 Å². The predicted octanol–water partition coefficient (Wildman–Crippen LogP) is 3.37. The molecule has 4 heterocycles. The van der Waals surface area contributed by atoms with Gasteiger partial charge in [-0.2, -0.15) is 0 Å². The lowest BCUT2D eigenvalue weighted by Gasteiger charge is -2.31. The first-order valence-corrected chi connectivity index (χ1v) is 12.0. The molecule has 188 valence electrons. The minimum atomic E-state index is -2.54. The van der Waals surface area contributed by atoms with E-state index in [1.165, 1.54) is 10.6 Å². The topological polar surface area (TPSA) is 93.5 Å². The second-order valence-corrected chi connectivity index (χ2v) is 9.70. The van der Waals surface area contributed by atoms with Crippen LogP contribution in [0.4, 0.5) is 13.2 Å². The fourth-order valence-electron chi connectivity index (χ4n) is 5.99. The normalized spacial score (nSPS) is 22.0. The molecular weight excluding hydrogens is 475 g/mol. The summed E-state index contributed by atoms with van der Waals surface area (Å²) in [6.07, 6.45) is -1.52. The van der Waals surface area contributed by atoms with Gasteiger partial charge in [0.15, 0.2) is 5.60 Å². The van der Waals surface area contributed by atoms with Gasteiger partial charge in [0, 0.05) is 28.6 Å².